The number of allylic oxidation sites excluding steroid dienone is 1. The Bertz CT molecular complexity index is 301. The van der Waals surface area contributed by atoms with Crippen molar-refractivity contribution in [1.82, 2.24) is 5.73 Å². The molecule has 0 saturated heterocycles. The average molecular weight is 174 g/mol. The lowest BCUT2D eigenvalue weighted by Gasteiger charge is -2.17. The highest BCUT2D eigenvalue weighted by Gasteiger charge is 2.14. The molecule has 0 aliphatic rings. The van der Waals surface area contributed by atoms with E-state index in [2.05, 4.69) is 6.58 Å². The molecule has 1 radical (unpaired) electrons. The highest BCUT2D eigenvalue weighted by molar-refractivity contribution is 5.61. The van der Waals surface area contributed by atoms with E-state index in [9.17, 15) is 0 Å². The van der Waals surface area contributed by atoms with Crippen molar-refractivity contribution >= 4 is 5.57 Å². The first-order chi connectivity index (χ1) is 5.91. The molecule has 69 valence electrons. The molecule has 0 saturated carbocycles. The van der Waals surface area contributed by atoms with Crippen molar-refractivity contribution in [3.8, 4) is 0 Å². The zero-order valence-electron chi connectivity index (χ0n) is 8.52. The summed E-state index contributed by atoms with van der Waals surface area (Å²) in [6.07, 6.45) is 0. The van der Waals surface area contributed by atoms with Crippen LogP contribution in [0.15, 0.2) is 30.8 Å². The summed E-state index contributed by atoms with van der Waals surface area (Å²) in [5.41, 5.74) is 10.6. The van der Waals surface area contributed by atoms with Crippen LogP contribution < -0.4 is 5.73 Å². The Labute approximate surface area is 80.3 Å². The molecule has 1 nitrogen and oxygen atoms in total. The molecule has 0 atom stereocenters. The van der Waals surface area contributed by atoms with Gasteiger partial charge in [-0.3, -0.25) is 0 Å². The Balaban J connectivity index is 3.01. The van der Waals surface area contributed by atoms with E-state index >= 15 is 0 Å². The summed E-state index contributed by atoms with van der Waals surface area (Å²) in [4.78, 5) is 0. The maximum Gasteiger partial charge on any atom is 0.0516 e. The van der Waals surface area contributed by atoms with Crippen molar-refractivity contribution in [2.24, 2.45) is 0 Å². The highest BCUT2D eigenvalue weighted by Crippen LogP contribution is 2.20. The standard InChI is InChI=1S/C12H16N/c1-9(2)10-5-7-11(8-6-10)12(3,4)13/h5-8,13H,1H2,2-4H3. The second-order valence-electron chi connectivity index (χ2n) is 3.98. The van der Waals surface area contributed by atoms with E-state index in [1.54, 1.807) is 0 Å². The molecular weight excluding hydrogens is 158 g/mol. The van der Waals surface area contributed by atoms with Crippen molar-refractivity contribution in [1.29, 1.82) is 0 Å². The van der Waals surface area contributed by atoms with Gasteiger partial charge in [0.2, 0.25) is 0 Å². The lowest BCUT2D eigenvalue weighted by molar-refractivity contribution is 0.532. The molecule has 0 aromatic heterocycles. The first-order valence-corrected chi connectivity index (χ1v) is 4.42. The summed E-state index contributed by atoms with van der Waals surface area (Å²) in [5.74, 6) is 0. The Morgan fingerprint density at radius 1 is 1.23 bits per heavy atom. The van der Waals surface area contributed by atoms with E-state index in [4.69, 9.17) is 5.73 Å². The molecule has 1 aromatic rings. The van der Waals surface area contributed by atoms with Gasteiger partial charge in [0, 0.05) is 0 Å². The van der Waals surface area contributed by atoms with Gasteiger partial charge in [-0.25, -0.2) is 5.73 Å². The molecular formula is C12H16N. The minimum absolute atomic E-state index is 0.506. The summed E-state index contributed by atoms with van der Waals surface area (Å²) in [6, 6.07) is 8.04. The van der Waals surface area contributed by atoms with Gasteiger partial charge in [0.25, 0.3) is 0 Å². The van der Waals surface area contributed by atoms with E-state index in [0.717, 1.165) is 16.7 Å². The molecule has 13 heavy (non-hydrogen) atoms. The van der Waals surface area contributed by atoms with Crippen LogP contribution in [-0.2, 0) is 5.54 Å². The van der Waals surface area contributed by atoms with Gasteiger partial charge < -0.3 is 0 Å². The van der Waals surface area contributed by atoms with Crippen LogP contribution in [-0.4, -0.2) is 0 Å². The van der Waals surface area contributed by atoms with Gasteiger partial charge in [-0.2, -0.15) is 0 Å². The van der Waals surface area contributed by atoms with Gasteiger partial charge in [-0.1, -0.05) is 36.4 Å². The molecule has 0 spiro atoms. The van der Waals surface area contributed by atoms with Crippen LogP contribution in [0.4, 0.5) is 0 Å². The van der Waals surface area contributed by atoms with Gasteiger partial charge >= 0.3 is 0 Å². The third kappa shape index (κ3) is 2.43. The third-order valence-corrected chi connectivity index (χ3v) is 2.10. The molecule has 1 aromatic carbocycles. The molecule has 0 heterocycles. The predicted octanol–water partition coefficient (Wildman–Crippen LogP) is 3.24. The third-order valence-electron chi connectivity index (χ3n) is 2.10. The topological polar surface area (TPSA) is 23.8 Å². The Morgan fingerprint density at radius 2 is 1.69 bits per heavy atom. The number of rotatable bonds is 2. The summed E-state index contributed by atoms with van der Waals surface area (Å²) in [7, 11) is 0. The molecule has 0 fully saturated rings. The van der Waals surface area contributed by atoms with E-state index in [-0.39, 0.29) is 0 Å². The molecule has 0 unspecified atom stereocenters. The average Bonchev–Trinajstić information content (AvgIpc) is 2.03. The quantitative estimate of drug-likeness (QED) is 0.657. The van der Waals surface area contributed by atoms with Crippen molar-refractivity contribution in [2.45, 2.75) is 26.3 Å². The maximum absolute atomic E-state index is 7.83. The Kier molecular flexibility index (Phi) is 2.58. The second kappa shape index (κ2) is 3.35. The molecule has 1 N–H and O–H groups in total. The largest absolute Gasteiger partial charge is 0.247 e. The SMILES string of the molecule is C=C(C)c1ccc(C(C)(C)[NH])cc1. The van der Waals surface area contributed by atoms with Crippen LogP contribution in [0.2, 0.25) is 0 Å². The number of hydrogen-bond donors (Lipinski definition) is 0. The molecule has 0 bridgehead atoms. The lowest BCUT2D eigenvalue weighted by atomic mass is 9.94. The first kappa shape index (κ1) is 10.0. The van der Waals surface area contributed by atoms with Gasteiger partial charge in [-0.05, 0) is 31.9 Å². The summed E-state index contributed by atoms with van der Waals surface area (Å²) in [6.45, 7) is 9.64. The zero-order valence-corrected chi connectivity index (χ0v) is 8.52. The smallest absolute Gasteiger partial charge is 0.0516 e. The van der Waals surface area contributed by atoms with Crippen molar-refractivity contribution in [3.63, 3.8) is 0 Å². The molecule has 0 aliphatic heterocycles. The molecule has 1 heteroatoms. The number of benzene rings is 1. The molecule has 0 amide bonds. The Hall–Kier alpha value is -1.08. The van der Waals surface area contributed by atoms with Gasteiger partial charge in [0.05, 0.1) is 5.54 Å². The Morgan fingerprint density at radius 3 is 2.00 bits per heavy atom. The van der Waals surface area contributed by atoms with Gasteiger partial charge in [-0.15, -0.1) is 0 Å². The van der Waals surface area contributed by atoms with Crippen LogP contribution in [0.3, 0.4) is 0 Å². The summed E-state index contributed by atoms with van der Waals surface area (Å²) >= 11 is 0. The zero-order chi connectivity index (χ0) is 10.1. The summed E-state index contributed by atoms with van der Waals surface area (Å²) in [5, 5.41) is 0. The fourth-order valence-corrected chi connectivity index (χ4v) is 1.17. The van der Waals surface area contributed by atoms with Gasteiger partial charge in [0.15, 0.2) is 0 Å². The minimum atomic E-state index is -0.506. The predicted molar refractivity (Wildman–Crippen MR) is 57.3 cm³/mol. The molecule has 0 aliphatic carbocycles. The normalized spacial score (nSPS) is 11.4. The minimum Gasteiger partial charge on any atom is -0.247 e. The van der Waals surface area contributed by atoms with Crippen LogP contribution >= 0.6 is 0 Å². The van der Waals surface area contributed by atoms with Gasteiger partial charge in [0.1, 0.15) is 0 Å². The maximum atomic E-state index is 7.83. The van der Waals surface area contributed by atoms with Crippen LogP contribution in [0, 0.1) is 0 Å². The van der Waals surface area contributed by atoms with Crippen LogP contribution in [0.25, 0.3) is 5.57 Å². The second-order valence-corrected chi connectivity index (χ2v) is 3.98. The van der Waals surface area contributed by atoms with Crippen molar-refractivity contribution < 1.29 is 0 Å². The van der Waals surface area contributed by atoms with Crippen LogP contribution in [0.1, 0.15) is 31.9 Å². The highest BCUT2D eigenvalue weighted by atomic mass is 14.7. The van der Waals surface area contributed by atoms with E-state index < -0.39 is 5.54 Å². The van der Waals surface area contributed by atoms with Crippen molar-refractivity contribution in [3.05, 3.63) is 42.0 Å². The van der Waals surface area contributed by atoms with Crippen molar-refractivity contribution in [2.75, 3.05) is 0 Å². The molecule has 1 rings (SSSR count). The first-order valence-electron chi connectivity index (χ1n) is 4.42. The van der Waals surface area contributed by atoms with E-state index in [1.807, 2.05) is 45.0 Å². The summed E-state index contributed by atoms with van der Waals surface area (Å²) < 4.78 is 0. The lowest BCUT2D eigenvalue weighted by Crippen LogP contribution is -2.17. The fraction of sp³-hybridized carbons (Fsp3) is 0.333. The van der Waals surface area contributed by atoms with E-state index in [0.29, 0.717) is 0 Å². The number of hydrogen-bond acceptors (Lipinski definition) is 0. The monoisotopic (exact) mass is 174 g/mol. The number of nitrogens with one attached hydrogen (secondary N) is 1. The van der Waals surface area contributed by atoms with Crippen LogP contribution in [0.5, 0.6) is 0 Å². The fourth-order valence-electron chi connectivity index (χ4n) is 1.17. The van der Waals surface area contributed by atoms with E-state index in [1.165, 1.54) is 0 Å².